The van der Waals surface area contributed by atoms with Gasteiger partial charge >= 0.3 is 0 Å². The summed E-state index contributed by atoms with van der Waals surface area (Å²) < 4.78 is 28.5. The van der Waals surface area contributed by atoms with E-state index in [4.69, 9.17) is 0 Å². The van der Waals surface area contributed by atoms with E-state index < -0.39 is 10.0 Å². The van der Waals surface area contributed by atoms with Gasteiger partial charge in [0.25, 0.3) is 10.0 Å². The molecule has 1 saturated carbocycles. The Morgan fingerprint density at radius 2 is 2.18 bits per heavy atom. The Kier molecular flexibility index (Phi) is 3.91. The maximum atomic E-state index is 12.2. The Labute approximate surface area is 116 Å². The standard InChI is InChI=1S/C8H12Br2N4O2S/c1-14-8(7(10)11-13-14)17(15,16)12-6-4-2-3-5(6)9/h5-6,12H,2-4H2,1H3. The molecule has 0 amide bonds. The SMILES string of the molecule is Cn1nnc(Br)c1S(=O)(=O)NC1CCCC1Br. The molecule has 9 heteroatoms. The van der Waals surface area contributed by atoms with Crippen molar-refractivity contribution >= 4 is 41.9 Å². The lowest BCUT2D eigenvalue weighted by Crippen LogP contribution is -2.38. The van der Waals surface area contributed by atoms with E-state index >= 15 is 0 Å². The molecule has 2 rings (SSSR count). The fraction of sp³-hybridized carbons (Fsp3) is 0.750. The van der Waals surface area contributed by atoms with Gasteiger partial charge in [-0.2, -0.15) is 0 Å². The third-order valence-corrected chi connectivity index (χ3v) is 6.20. The van der Waals surface area contributed by atoms with Crippen molar-refractivity contribution < 1.29 is 8.42 Å². The van der Waals surface area contributed by atoms with E-state index in [2.05, 4.69) is 46.9 Å². The highest BCUT2D eigenvalue weighted by atomic mass is 79.9. The molecule has 0 spiro atoms. The minimum atomic E-state index is -3.58. The van der Waals surface area contributed by atoms with Crippen LogP contribution in [0.1, 0.15) is 19.3 Å². The van der Waals surface area contributed by atoms with Gasteiger partial charge in [0.2, 0.25) is 5.03 Å². The molecule has 0 radical (unpaired) electrons. The molecule has 1 aliphatic rings. The van der Waals surface area contributed by atoms with Crippen LogP contribution in [0.2, 0.25) is 0 Å². The van der Waals surface area contributed by atoms with E-state index in [1.165, 1.54) is 4.68 Å². The van der Waals surface area contributed by atoms with Crippen molar-refractivity contribution in [3.8, 4) is 0 Å². The summed E-state index contributed by atoms with van der Waals surface area (Å²) in [6.45, 7) is 0. The van der Waals surface area contributed by atoms with Crippen LogP contribution in [0.3, 0.4) is 0 Å². The predicted molar refractivity (Wildman–Crippen MR) is 69.4 cm³/mol. The van der Waals surface area contributed by atoms with Crippen LogP contribution in [0, 0.1) is 0 Å². The Morgan fingerprint density at radius 1 is 1.47 bits per heavy atom. The average Bonchev–Trinajstić information content (AvgIpc) is 2.74. The molecule has 1 heterocycles. The average molecular weight is 388 g/mol. The van der Waals surface area contributed by atoms with Crippen molar-refractivity contribution in [3.05, 3.63) is 4.60 Å². The molecule has 1 aliphatic carbocycles. The molecule has 2 unspecified atom stereocenters. The minimum Gasteiger partial charge on any atom is -0.235 e. The second-order valence-corrected chi connectivity index (χ2v) is 7.54. The van der Waals surface area contributed by atoms with Gasteiger partial charge < -0.3 is 0 Å². The normalized spacial score (nSPS) is 25.4. The highest BCUT2D eigenvalue weighted by Gasteiger charge is 2.32. The first-order valence-electron chi connectivity index (χ1n) is 5.13. The molecular formula is C8H12Br2N4O2S. The van der Waals surface area contributed by atoms with Crippen LogP contribution in [0.15, 0.2) is 9.63 Å². The Morgan fingerprint density at radius 3 is 2.65 bits per heavy atom. The van der Waals surface area contributed by atoms with E-state index in [9.17, 15) is 8.42 Å². The molecule has 1 fully saturated rings. The zero-order chi connectivity index (χ0) is 12.6. The van der Waals surface area contributed by atoms with Crippen LogP contribution in [0.5, 0.6) is 0 Å². The number of nitrogens with zero attached hydrogens (tertiary/aromatic N) is 3. The Bertz CT molecular complexity index is 496. The van der Waals surface area contributed by atoms with Crippen molar-refractivity contribution in [2.75, 3.05) is 0 Å². The zero-order valence-electron chi connectivity index (χ0n) is 9.10. The summed E-state index contributed by atoms with van der Waals surface area (Å²) in [7, 11) is -2.04. The van der Waals surface area contributed by atoms with Crippen LogP contribution in [-0.4, -0.2) is 34.3 Å². The summed E-state index contributed by atoms with van der Waals surface area (Å²) >= 11 is 6.57. The molecule has 17 heavy (non-hydrogen) atoms. The first kappa shape index (κ1) is 13.4. The van der Waals surface area contributed by atoms with Gasteiger partial charge in [0, 0.05) is 17.9 Å². The fourth-order valence-corrected chi connectivity index (χ4v) is 5.21. The lowest BCUT2D eigenvalue weighted by molar-refractivity contribution is 0.539. The monoisotopic (exact) mass is 386 g/mol. The Balaban J connectivity index is 2.25. The molecule has 1 N–H and O–H groups in total. The summed E-state index contributed by atoms with van der Waals surface area (Å²) in [4.78, 5) is 0.192. The third-order valence-electron chi connectivity index (χ3n) is 2.73. The molecule has 1 aromatic rings. The molecule has 6 nitrogen and oxygen atoms in total. The molecular weight excluding hydrogens is 376 g/mol. The predicted octanol–water partition coefficient (Wildman–Crippen LogP) is 1.17. The van der Waals surface area contributed by atoms with E-state index in [0.29, 0.717) is 0 Å². The summed E-state index contributed by atoms with van der Waals surface area (Å²) in [6, 6.07) is -0.0678. The van der Waals surface area contributed by atoms with Gasteiger partial charge in [0.15, 0.2) is 4.60 Å². The van der Waals surface area contributed by atoms with Crippen LogP contribution < -0.4 is 4.72 Å². The lowest BCUT2D eigenvalue weighted by atomic mass is 10.3. The van der Waals surface area contributed by atoms with Gasteiger partial charge in [0.1, 0.15) is 0 Å². The molecule has 2 atom stereocenters. The minimum absolute atomic E-state index is 0.0594. The van der Waals surface area contributed by atoms with Gasteiger partial charge in [-0.3, -0.25) is 0 Å². The first-order chi connectivity index (χ1) is 7.92. The Hall–Kier alpha value is 0.01000. The van der Waals surface area contributed by atoms with Gasteiger partial charge in [0.05, 0.1) is 0 Å². The molecule has 0 bridgehead atoms. The number of alkyl halides is 1. The van der Waals surface area contributed by atoms with Crippen LogP contribution in [0.25, 0.3) is 0 Å². The number of nitrogens with one attached hydrogen (secondary N) is 1. The number of rotatable bonds is 3. The largest absolute Gasteiger partial charge is 0.260 e. The van der Waals surface area contributed by atoms with Crippen molar-refractivity contribution in [2.45, 2.75) is 35.2 Å². The summed E-state index contributed by atoms with van der Waals surface area (Å²) in [5.74, 6) is 0. The van der Waals surface area contributed by atoms with E-state index in [0.717, 1.165) is 19.3 Å². The van der Waals surface area contributed by atoms with E-state index in [1.807, 2.05) is 0 Å². The van der Waals surface area contributed by atoms with Crippen molar-refractivity contribution in [3.63, 3.8) is 0 Å². The summed E-state index contributed by atoms with van der Waals surface area (Å²) in [6.07, 6.45) is 2.85. The van der Waals surface area contributed by atoms with Crippen LogP contribution in [-0.2, 0) is 17.1 Å². The zero-order valence-corrected chi connectivity index (χ0v) is 13.1. The van der Waals surface area contributed by atoms with Gasteiger partial charge in [-0.15, -0.1) is 5.10 Å². The van der Waals surface area contributed by atoms with E-state index in [1.54, 1.807) is 7.05 Å². The number of halogens is 2. The maximum Gasteiger partial charge on any atom is 0.260 e. The maximum absolute atomic E-state index is 12.2. The number of aromatic nitrogens is 3. The van der Waals surface area contributed by atoms with Crippen molar-refractivity contribution in [2.24, 2.45) is 7.05 Å². The molecule has 0 aliphatic heterocycles. The van der Waals surface area contributed by atoms with Crippen molar-refractivity contribution in [1.29, 1.82) is 0 Å². The second kappa shape index (κ2) is 4.94. The first-order valence-corrected chi connectivity index (χ1v) is 8.32. The lowest BCUT2D eigenvalue weighted by Gasteiger charge is -2.15. The second-order valence-electron chi connectivity index (χ2n) is 3.98. The summed E-state index contributed by atoms with van der Waals surface area (Å²) in [5, 5.41) is 7.40. The fourth-order valence-electron chi connectivity index (χ4n) is 1.91. The number of hydrogen-bond donors (Lipinski definition) is 1. The number of sulfonamides is 1. The molecule has 96 valence electrons. The highest BCUT2D eigenvalue weighted by molar-refractivity contribution is 9.10. The quantitative estimate of drug-likeness (QED) is 0.790. The smallest absolute Gasteiger partial charge is 0.235 e. The number of hydrogen-bond acceptors (Lipinski definition) is 4. The topological polar surface area (TPSA) is 76.9 Å². The van der Waals surface area contributed by atoms with Gasteiger partial charge in [-0.1, -0.05) is 27.6 Å². The molecule has 0 saturated heterocycles. The molecule has 0 aromatic carbocycles. The van der Waals surface area contributed by atoms with Crippen molar-refractivity contribution in [1.82, 2.24) is 19.7 Å². The molecule has 1 aromatic heterocycles. The van der Waals surface area contributed by atoms with E-state index in [-0.39, 0.29) is 20.5 Å². The van der Waals surface area contributed by atoms with Crippen LogP contribution >= 0.6 is 31.9 Å². The highest BCUT2D eigenvalue weighted by Crippen LogP contribution is 2.27. The van der Waals surface area contributed by atoms with Crippen LogP contribution in [0.4, 0.5) is 0 Å². The third kappa shape index (κ3) is 2.72. The summed E-state index contributed by atoms with van der Waals surface area (Å²) in [5.41, 5.74) is 0. The van der Waals surface area contributed by atoms with Gasteiger partial charge in [-0.05, 0) is 28.8 Å². The number of aryl methyl sites for hydroxylation is 1. The van der Waals surface area contributed by atoms with Gasteiger partial charge in [-0.25, -0.2) is 17.8 Å².